The van der Waals surface area contributed by atoms with E-state index >= 15 is 0 Å². The normalized spacial score (nSPS) is 15.6. The first-order valence-electron chi connectivity index (χ1n) is 9.04. The Kier molecular flexibility index (Phi) is 5.86. The standard InChI is InChI=1S/C19H19BrN4O3S2/c20-17-6-7-18(28-17)29(26,27)24-10-8-22(9-11-24)19(25)16-12-21-23(14-16)13-15-4-2-1-3-5-15/h1-7,12,14H,8-11,13H2. The van der Waals surface area contributed by atoms with Gasteiger partial charge in [-0.1, -0.05) is 30.3 Å². The van der Waals surface area contributed by atoms with Crippen molar-refractivity contribution in [1.82, 2.24) is 19.0 Å². The summed E-state index contributed by atoms with van der Waals surface area (Å²) in [5.74, 6) is -0.125. The molecular weight excluding hydrogens is 476 g/mol. The Hall–Kier alpha value is -2.01. The third-order valence-corrected chi connectivity index (χ3v) is 8.73. The Balaban J connectivity index is 1.38. The summed E-state index contributed by atoms with van der Waals surface area (Å²) in [6.07, 6.45) is 3.30. The number of carbonyl (C=O) groups is 1. The maximum Gasteiger partial charge on any atom is 0.257 e. The van der Waals surface area contributed by atoms with Crippen molar-refractivity contribution in [1.29, 1.82) is 0 Å². The van der Waals surface area contributed by atoms with Crippen molar-refractivity contribution >= 4 is 43.2 Å². The molecule has 10 heteroatoms. The monoisotopic (exact) mass is 494 g/mol. The second kappa shape index (κ2) is 8.39. The topological polar surface area (TPSA) is 75.5 Å². The van der Waals surface area contributed by atoms with Crippen LogP contribution in [0.25, 0.3) is 0 Å². The molecule has 0 bridgehead atoms. The Morgan fingerprint density at radius 2 is 1.79 bits per heavy atom. The van der Waals surface area contributed by atoms with Crippen LogP contribution < -0.4 is 0 Å². The lowest BCUT2D eigenvalue weighted by Gasteiger charge is -2.33. The average molecular weight is 495 g/mol. The van der Waals surface area contributed by atoms with Crippen LogP contribution in [-0.4, -0.2) is 59.5 Å². The Morgan fingerprint density at radius 3 is 2.45 bits per heavy atom. The van der Waals surface area contributed by atoms with Crippen molar-refractivity contribution in [2.24, 2.45) is 0 Å². The van der Waals surface area contributed by atoms with E-state index in [4.69, 9.17) is 0 Å². The van der Waals surface area contributed by atoms with Crippen LogP contribution in [0.15, 0.2) is 62.9 Å². The molecule has 1 amide bonds. The van der Waals surface area contributed by atoms with Crippen molar-refractivity contribution in [3.05, 3.63) is 69.8 Å². The van der Waals surface area contributed by atoms with E-state index < -0.39 is 10.0 Å². The maximum absolute atomic E-state index is 12.8. The number of carbonyl (C=O) groups excluding carboxylic acids is 1. The molecule has 0 spiro atoms. The van der Waals surface area contributed by atoms with E-state index in [1.165, 1.54) is 15.6 Å². The number of aromatic nitrogens is 2. The van der Waals surface area contributed by atoms with Crippen LogP contribution in [0.5, 0.6) is 0 Å². The van der Waals surface area contributed by atoms with Gasteiger partial charge in [-0.25, -0.2) is 8.42 Å². The number of sulfonamides is 1. The molecule has 0 atom stereocenters. The number of piperazine rings is 1. The van der Waals surface area contributed by atoms with Crippen LogP contribution in [0.2, 0.25) is 0 Å². The number of benzene rings is 1. The number of thiophene rings is 1. The molecule has 0 aliphatic carbocycles. The number of hydrogen-bond donors (Lipinski definition) is 0. The second-order valence-electron chi connectivity index (χ2n) is 6.67. The van der Waals surface area contributed by atoms with Gasteiger partial charge in [-0.3, -0.25) is 9.48 Å². The highest BCUT2D eigenvalue weighted by Crippen LogP contribution is 2.29. The summed E-state index contributed by atoms with van der Waals surface area (Å²) >= 11 is 4.49. The largest absolute Gasteiger partial charge is 0.336 e. The number of rotatable bonds is 5. The maximum atomic E-state index is 12.8. The van der Waals surface area contributed by atoms with Gasteiger partial charge >= 0.3 is 0 Å². The minimum absolute atomic E-state index is 0.125. The van der Waals surface area contributed by atoms with Gasteiger partial charge in [0.25, 0.3) is 15.9 Å². The lowest BCUT2D eigenvalue weighted by molar-refractivity contribution is 0.0698. The zero-order valence-corrected chi connectivity index (χ0v) is 18.7. The van der Waals surface area contributed by atoms with E-state index in [1.54, 1.807) is 34.1 Å². The quantitative estimate of drug-likeness (QED) is 0.546. The zero-order chi connectivity index (χ0) is 20.4. The lowest BCUT2D eigenvalue weighted by Crippen LogP contribution is -2.50. The van der Waals surface area contributed by atoms with Gasteiger partial charge in [-0.15, -0.1) is 11.3 Å². The molecule has 3 heterocycles. The molecule has 0 N–H and O–H groups in total. The highest BCUT2D eigenvalue weighted by Gasteiger charge is 2.31. The minimum atomic E-state index is -3.52. The Labute approximate surface area is 181 Å². The first kappa shape index (κ1) is 20.3. The second-order valence-corrected chi connectivity index (χ2v) is 11.3. The van der Waals surface area contributed by atoms with Gasteiger partial charge in [0.15, 0.2) is 0 Å². The highest BCUT2D eigenvalue weighted by molar-refractivity contribution is 9.11. The van der Waals surface area contributed by atoms with E-state index in [-0.39, 0.29) is 19.0 Å². The van der Waals surface area contributed by atoms with E-state index in [0.717, 1.165) is 9.35 Å². The van der Waals surface area contributed by atoms with Crippen LogP contribution in [0.1, 0.15) is 15.9 Å². The van der Waals surface area contributed by atoms with E-state index in [0.29, 0.717) is 29.4 Å². The first-order valence-corrected chi connectivity index (χ1v) is 12.1. The van der Waals surface area contributed by atoms with Crippen LogP contribution in [-0.2, 0) is 16.6 Å². The van der Waals surface area contributed by atoms with Gasteiger partial charge < -0.3 is 4.90 Å². The molecule has 1 aliphatic heterocycles. The zero-order valence-electron chi connectivity index (χ0n) is 15.4. The van der Waals surface area contributed by atoms with Gasteiger partial charge in [0.05, 0.1) is 22.1 Å². The van der Waals surface area contributed by atoms with Crippen LogP contribution in [0, 0.1) is 0 Å². The van der Waals surface area contributed by atoms with Crippen molar-refractivity contribution in [3.63, 3.8) is 0 Å². The van der Waals surface area contributed by atoms with Crippen LogP contribution in [0.3, 0.4) is 0 Å². The molecule has 3 aromatic rings. The average Bonchev–Trinajstić information content (AvgIpc) is 3.38. The third kappa shape index (κ3) is 4.45. The molecule has 1 aromatic carbocycles. The number of halogens is 1. The van der Waals surface area contributed by atoms with Gasteiger partial charge in [0, 0.05) is 32.4 Å². The molecule has 152 valence electrons. The summed E-state index contributed by atoms with van der Waals surface area (Å²) < 4.78 is 29.7. The molecule has 4 rings (SSSR count). The number of hydrogen-bond acceptors (Lipinski definition) is 5. The SMILES string of the molecule is O=C(c1cnn(Cc2ccccc2)c1)N1CCN(S(=O)(=O)c2ccc(Br)s2)CC1. The van der Waals surface area contributed by atoms with Crippen molar-refractivity contribution < 1.29 is 13.2 Å². The van der Waals surface area contributed by atoms with E-state index in [9.17, 15) is 13.2 Å². The number of amides is 1. The Morgan fingerprint density at radius 1 is 1.07 bits per heavy atom. The predicted octanol–water partition coefficient (Wildman–Crippen LogP) is 2.90. The fourth-order valence-corrected chi connectivity index (χ4v) is 6.80. The van der Waals surface area contributed by atoms with Gasteiger partial charge in [-0.2, -0.15) is 9.40 Å². The van der Waals surface area contributed by atoms with Crippen molar-refractivity contribution in [2.45, 2.75) is 10.8 Å². The molecular formula is C19H19BrN4O3S2. The highest BCUT2D eigenvalue weighted by atomic mass is 79.9. The summed E-state index contributed by atoms with van der Waals surface area (Å²) in [6, 6.07) is 13.2. The summed E-state index contributed by atoms with van der Waals surface area (Å²) in [4.78, 5) is 14.5. The molecule has 0 saturated carbocycles. The smallest absolute Gasteiger partial charge is 0.257 e. The predicted molar refractivity (Wildman–Crippen MR) is 114 cm³/mol. The number of nitrogens with zero attached hydrogens (tertiary/aromatic N) is 4. The fourth-order valence-electron chi connectivity index (χ4n) is 3.21. The summed E-state index contributed by atoms with van der Waals surface area (Å²) in [7, 11) is -3.52. The molecule has 7 nitrogen and oxygen atoms in total. The van der Waals surface area contributed by atoms with Crippen LogP contribution >= 0.6 is 27.3 Å². The molecule has 29 heavy (non-hydrogen) atoms. The van der Waals surface area contributed by atoms with Gasteiger partial charge in [-0.05, 0) is 33.6 Å². The minimum Gasteiger partial charge on any atom is -0.336 e. The van der Waals surface area contributed by atoms with Gasteiger partial charge in [0.2, 0.25) is 0 Å². The summed E-state index contributed by atoms with van der Waals surface area (Å²) in [5, 5.41) is 4.28. The lowest BCUT2D eigenvalue weighted by atomic mass is 10.2. The Bertz CT molecular complexity index is 1100. The fraction of sp³-hybridized carbons (Fsp3) is 0.263. The van der Waals surface area contributed by atoms with E-state index in [1.807, 2.05) is 30.3 Å². The van der Waals surface area contributed by atoms with Crippen molar-refractivity contribution in [3.8, 4) is 0 Å². The molecule has 0 radical (unpaired) electrons. The van der Waals surface area contributed by atoms with Crippen LogP contribution in [0.4, 0.5) is 0 Å². The van der Waals surface area contributed by atoms with Gasteiger partial charge in [0.1, 0.15) is 4.21 Å². The first-order chi connectivity index (χ1) is 13.9. The molecule has 0 unspecified atom stereocenters. The van der Waals surface area contributed by atoms with E-state index in [2.05, 4.69) is 21.0 Å². The molecule has 1 saturated heterocycles. The summed E-state index contributed by atoms with van der Waals surface area (Å²) in [6.45, 7) is 1.86. The molecule has 1 fully saturated rings. The van der Waals surface area contributed by atoms with Crippen molar-refractivity contribution in [2.75, 3.05) is 26.2 Å². The molecule has 2 aromatic heterocycles. The summed E-state index contributed by atoms with van der Waals surface area (Å²) in [5.41, 5.74) is 1.62. The molecule has 1 aliphatic rings. The third-order valence-electron chi connectivity index (χ3n) is 4.74.